The van der Waals surface area contributed by atoms with Gasteiger partial charge in [-0.3, -0.25) is 0 Å². The largest absolute Gasteiger partial charge is 0.508 e. The molecule has 1 aromatic rings. The van der Waals surface area contributed by atoms with Crippen LogP contribution in [0.25, 0.3) is 0 Å². The molecule has 2 heteroatoms. The highest BCUT2D eigenvalue weighted by molar-refractivity contribution is 5.28. The van der Waals surface area contributed by atoms with Crippen LogP contribution in [0, 0.1) is 0 Å². The van der Waals surface area contributed by atoms with Crippen molar-refractivity contribution >= 4 is 0 Å². The third kappa shape index (κ3) is 2.93. The first-order valence-corrected chi connectivity index (χ1v) is 4.04. The molecule has 0 saturated carbocycles. The van der Waals surface area contributed by atoms with Crippen molar-refractivity contribution in [2.75, 3.05) is 0 Å². The number of rotatable bonds is 2. The van der Waals surface area contributed by atoms with Gasteiger partial charge in [0.25, 0.3) is 0 Å². The summed E-state index contributed by atoms with van der Waals surface area (Å²) in [4.78, 5) is 0. The van der Waals surface area contributed by atoms with Crippen molar-refractivity contribution in [2.24, 2.45) is 5.73 Å². The van der Waals surface area contributed by atoms with Crippen LogP contribution in [0.2, 0.25) is 0 Å². The fourth-order valence-corrected chi connectivity index (χ4v) is 1.19. The highest BCUT2D eigenvalue weighted by Crippen LogP contribution is 2.15. The van der Waals surface area contributed by atoms with Crippen molar-refractivity contribution in [3.8, 4) is 5.75 Å². The Hall–Kier alpha value is -1.02. The van der Waals surface area contributed by atoms with Gasteiger partial charge in [0.05, 0.1) is 0 Å². The lowest BCUT2D eigenvalue weighted by Gasteiger charge is -2.18. The molecule has 0 unspecified atom stereocenters. The van der Waals surface area contributed by atoms with E-state index in [9.17, 15) is 0 Å². The zero-order valence-electron chi connectivity index (χ0n) is 7.54. The molecule has 0 amide bonds. The average Bonchev–Trinajstić information content (AvgIpc) is 1.82. The van der Waals surface area contributed by atoms with Crippen LogP contribution in [0.3, 0.4) is 0 Å². The van der Waals surface area contributed by atoms with Gasteiger partial charge >= 0.3 is 0 Å². The van der Waals surface area contributed by atoms with Crippen LogP contribution in [0.1, 0.15) is 19.4 Å². The lowest BCUT2D eigenvalue weighted by Crippen LogP contribution is -2.34. The van der Waals surface area contributed by atoms with Gasteiger partial charge < -0.3 is 10.8 Å². The van der Waals surface area contributed by atoms with Gasteiger partial charge in [-0.05, 0) is 38.0 Å². The fraction of sp³-hybridized carbons (Fsp3) is 0.400. The van der Waals surface area contributed by atoms with Crippen molar-refractivity contribution < 1.29 is 5.11 Å². The van der Waals surface area contributed by atoms with Crippen LogP contribution in [-0.4, -0.2) is 10.6 Å². The normalized spacial score (nSPS) is 11.6. The maximum atomic E-state index is 9.17. The van der Waals surface area contributed by atoms with Crippen molar-refractivity contribution in [1.82, 2.24) is 0 Å². The summed E-state index contributed by atoms with van der Waals surface area (Å²) in [5.41, 5.74) is 6.69. The van der Waals surface area contributed by atoms with Gasteiger partial charge in [0, 0.05) is 5.54 Å². The average molecular weight is 165 g/mol. The number of hydrogen-bond donors (Lipinski definition) is 2. The summed E-state index contributed by atoms with van der Waals surface area (Å²) in [6.45, 7) is 3.94. The summed E-state index contributed by atoms with van der Waals surface area (Å²) in [7, 11) is 0. The Labute approximate surface area is 73.0 Å². The van der Waals surface area contributed by atoms with Crippen molar-refractivity contribution in [3.05, 3.63) is 29.8 Å². The smallest absolute Gasteiger partial charge is 0.115 e. The van der Waals surface area contributed by atoms with E-state index in [0.29, 0.717) is 5.75 Å². The van der Waals surface area contributed by atoms with E-state index in [4.69, 9.17) is 10.8 Å². The Bertz CT molecular complexity index is 263. The first kappa shape index (κ1) is 9.07. The Morgan fingerprint density at radius 2 is 2.08 bits per heavy atom. The molecule has 0 bridgehead atoms. The molecule has 0 aromatic heterocycles. The zero-order chi connectivity index (χ0) is 9.19. The highest BCUT2D eigenvalue weighted by atomic mass is 16.3. The summed E-state index contributed by atoms with van der Waals surface area (Å²) in [5, 5.41) is 9.17. The van der Waals surface area contributed by atoms with Gasteiger partial charge in [-0.1, -0.05) is 12.1 Å². The summed E-state index contributed by atoms with van der Waals surface area (Å²) >= 11 is 0. The van der Waals surface area contributed by atoms with E-state index in [1.54, 1.807) is 12.1 Å². The number of phenolic OH excluding ortho intramolecular Hbond substituents is 1. The molecule has 3 N–H and O–H groups in total. The molecule has 1 rings (SSSR count). The van der Waals surface area contributed by atoms with Crippen molar-refractivity contribution in [2.45, 2.75) is 25.8 Å². The van der Waals surface area contributed by atoms with Crippen molar-refractivity contribution in [3.63, 3.8) is 0 Å². The fourth-order valence-electron chi connectivity index (χ4n) is 1.19. The van der Waals surface area contributed by atoms with E-state index in [1.165, 1.54) is 0 Å². The maximum absolute atomic E-state index is 9.17. The van der Waals surface area contributed by atoms with Crippen LogP contribution >= 0.6 is 0 Å². The van der Waals surface area contributed by atoms with Gasteiger partial charge in [0.15, 0.2) is 0 Å². The second kappa shape index (κ2) is 3.15. The van der Waals surface area contributed by atoms with Crippen LogP contribution < -0.4 is 5.73 Å². The minimum atomic E-state index is -0.214. The number of hydrogen-bond acceptors (Lipinski definition) is 2. The maximum Gasteiger partial charge on any atom is 0.115 e. The van der Waals surface area contributed by atoms with E-state index in [-0.39, 0.29) is 5.54 Å². The lowest BCUT2D eigenvalue weighted by molar-refractivity contribution is 0.471. The third-order valence-corrected chi connectivity index (χ3v) is 1.57. The standard InChI is InChI=1S/C10H15NO/c1-10(2,11)7-8-4-3-5-9(12)6-8/h3-6,12H,7,11H2,1-2H3. The predicted molar refractivity (Wildman–Crippen MR) is 50.1 cm³/mol. The molecule has 0 aliphatic carbocycles. The summed E-state index contributed by atoms with van der Waals surface area (Å²) in [5.74, 6) is 0.303. The van der Waals surface area contributed by atoms with Crippen LogP contribution in [0.4, 0.5) is 0 Å². The Balaban J connectivity index is 2.77. The van der Waals surface area contributed by atoms with Crippen LogP contribution in [0.5, 0.6) is 5.75 Å². The van der Waals surface area contributed by atoms with E-state index in [1.807, 2.05) is 26.0 Å². The molecule has 0 spiro atoms. The third-order valence-electron chi connectivity index (χ3n) is 1.57. The van der Waals surface area contributed by atoms with Crippen LogP contribution in [0.15, 0.2) is 24.3 Å². The van der Waals surface area contributed by atoms with Crippen molar-refractivity contribution in [1.29, 1.82) is 0 Å². The molecule has 0 heterocycles. The second-order valence-corrected chi connectivity index (χ2v) is 3.84. The molecule has 0 atom stereocenters. The molecule has 0 radical (unpaired) electrons. The minimum Gasteiger partial charge on any atom is -0.508 e. The Morgan fingerprint density at radius 3 is 2.58 bits per heavy atom. The summed E-state index contributed by atoms with van der Waals surface area (Å²) in [6, 6.07) is 7.20. The first-order chi connectivity index (χ1) is 5.47. The van der Waals surface area contributed by atoms with Gasteiger partial charge in [0.2, 0.25) is 0 Å². The quantitative estimate of drug-likeness (QED) is 0.700. The van der Waals surface area contributed by atoms with Crippen LogP contribution in [-0.2, 0) is 6.42 Å². The number of benzene rings is 1. The summed E-state index contributed by atoms with van der Waals surface area (Å²) in [6.07, 6.45) is 0.779. The second-order valence-electron chi connectivity index (χ2n) is 3.84. The molecular weight excluding hydrogens is 150 g/mol. The predicted octanol–water partition coefficient (Wildman–Crippen LogP) is 1.67. The van der Waals surface area contributed by atoms with E-state index < -0.39 is 0 Å². The zero-order valence-corrected chi connectivity index (χ0v) is 7.54. The lowest BCUT2D eigenvalue weighted by atomic mass is 9.96. The molecular formula is C10H15NO. The number of aromatic hydroxyl groups is 1. The van der Waals surface area contributed by atoms with Gasteiger partial charge in [-0.25, -0.2) is 0 Å². The molecule has 0 fully saturated rings. The molecule has 0 aliphatic heterocycles. The topological polar surface area (TPSA) is 46.2 Å². The first-order valence-electron chi connectivity index (χ1n) is 4.04. The minimum absolute atomic E-state index is 0.214. The Morgan fingerprint density at radius 1 is 1.42 bits per heavy atom. The summed E-state index contributed by atoms with van der Waals surface area (Å²) < 4.78 is 0. The number of nitrogens with two attached hydrogens (primary N) is 1. The number of phenols is 1. The molecule has 0 saturated heterocycles. The molecule has 1 aromatic carbocycles. The molecule has 12 heavy (non-hydrogen) atoms. The molecule has 66 valence electrons. The van der Waals surface area contributed by atoms with E-state index >= 15 is 0 Å². The Kier molecular flexibility index (Phi) is 2.38. The molecule has 0 aliphatic rings. The van der Waals surface area contributed by atoms with Gasteiger partial charge in [0.1, 0.15) is 5.75 Å². The molecule has 2 nitrogen and oxygen atoms in total. The van der Waals surface area contributed by atoms with E-state index in [2.05, 4.69) is 0 Å². The monoisotopic (exact) mass is 165 g/mol. The van der Waals surface area contributed by atoms with Gasteiger partial charge in [-0.15, -0.1) is 0 Å². The van der Waals surface area contributed by atoms with E-state index in [0.717, 1.165) is 12.0 Å². The SMILES string of the molecule is CC(C)(N)Cc1cccc(O)c1. The highest BCUT2D eigenvalue weighted by Gasteiger charge is 2.11. The van der Waals surface area contributed by atoms with Gasteiger partial charge in [-0.2, -0.15) is 0 Å².